The van der Waals surface area contributed by atoms with Crippen molar-refractivity contribution in [1.29, 1.82) is 0 Å². The van der Waals surface area contributed by atoms with Crippen molar-refractivity contribution in [3.8, 4) is 5.75 Å². The standard InChI is InChI=1S/C21H25N3O5S2/c1-4-29-10-9-24-17-7-6-16(31(22,26)27)13-19(17)30-21(24)23-20(25)12-15-11-14(2)5-8-18(15)28-3/h5-8,11,13H,4,9-10,12H2,1-3H3,(H2,22,26,27). The minimum atomic E-state index is -3.83. The van der Waals surface area contributed by atoms with E-state index >= 15 is 0 Å². The van der Waals surface area contributed by atoms with Crippen LogP contribution in [0.1, 0.15) is 18.1 Å². The third-order valence-corrected chi connectivity index (χ3v) is 6.60. The lowest BCUT2D eigenvalue weighted by molar-refractivity contribution is -0.117. The summed E-state index contributed by atoms with van der Waals surface area (Å²) in [7, 11) is -2.27. The summed E-state index contributed by atoms with van der Waals surface area (Å²) in [5.74, 6) is 0.305. The van der Waals surface area contributed by atoms with Gasteiger partial charge in [-0.1, -0.05) is 29.0 Å². The maximum atomic E-state index is 12.8. The molecule has 3 rings (SSSR count). The molecule has 0 aliphatic heterocycles. The fraction of sp³-hybridized carbons (Fsp3) is 0.333. The van der Waals surface area contributed by atoms with Gasteiger partial charge in [-0.2, -0.15) is 4.99 Å². The first-order chi connectivity index (χ1) is 14.7. The van der Waals surface area contributed by atoms with Gasteiger partial charge in [0.1, 0.15) is 5.75 Å². The molecule has 0 radical (unpaired) electrons. The number of thiazole rings is 1. The molecule has 0 saturated carbocycles. The highest BCUT2D eigenvalue weighted by molar-refractivity contribution is 7.89. The number of methoxy groups -OCH3 is 1. The molecular weight excluding hydrogens is 438 g/mol. The zero-order valence-electron chi connectivity index (χ0n) is 17.6. The Morgan fingerprint density at radius 1 is 1.23 bits per heavy atom. The van der Waals surface area contributed by atoms with Crippen LogP contribution in [0.2, 0.25) is 0 Å². The Balaban J connectivity index is 2.04. The maximum absolute atomic E-state index is 12.8. The second kappa shape index (κ2) is 9.73. The van der Waals surface area contributed by atoms with Crippen molar-refractivity contribution in [2.45, 2.75) is 31.7 Å². The number of benzene rings is 2. The highest BCUT2D eigenvalue weighted by atomic mass is 32.2. The number of carbonyl (C=O) groups excluding carboxylic acids is 1. The van der Waals surface area contributed by atoms with E-state index < -0.39 is 10.0 Å². The van der Waals surface area contributed by atoms with Crippen LogP contribution >= 0.6 is 11.3 Å². The van der Waals surface area contributed by atoms with Crippen LogP contribution in [0.3, 0.4) is 0 Å². The van der Waals surface area contributed by atoms with Crippen molar-refractivity contribution in [2.75, 3.05) is 20.3 Å². The molecule has 1 aromatic heterocycles. The van der Waals surface area contributed by atoms with Gasteiger partial charge in [0.2, 0.25) is 10.0 Å². The molecule has 10 heteroatoms. The Bertz CT molecular complexity index is 1280. The van der Waals surface area contributed by atoms with Gasteiger partial charge in [0.25, 0.3) is 5.91 Å². The number of nitrogens with two attached hydrogens (primary N) is 1. The average Bonchev–Trinajstić information content (AvgIpc) is 3.04. The largest absolute Gasteiger partial charge is 0.496 e. The quantitative estimate of drug-likeness (QED) is 0.515. The van der Waals surface area contributed by atoms with E-state index in [2.05, 4.69) is 4.99 Å². The number of fused-ring (bicyclic) bond motifs is 1. The van der Waals surface area contributed by atoms with E-state index in [1.165, 1.54) is 23.5 Å². The predicted octanol–water partition coefficient (Wildman–Crippen LogP) is 2.37. The first kappa shape index (κ1) is 23.1. The number of hydrogen-bond acceptors (Lipinski definition) is 6. The van der Waals surface area contributed by atoms with E-state index in [1.807, 2.05) is 36.6 Å². The monoisotopic (exact) mass is 463 g/mol. The zero-order chi connectivity index (χ0) is 22.6. The van der Waals surface area contributed by atoms with Gasteiger partial charge < -0.3 is 14.0 Å². The normalized spacial score (nSPS) is 12.5. The van der Waals surface area contributed by atoms with Crippen LogP contribution in [-0.4, -0.2) is 39.2 Å². The lowest BCUT2D eigenvalue weighted by Gasteiger charge is -2.08. The van der Waals surface area contributed by atoms with Crippen molar-refractivity contribution in [3.63, 3.8) is 0 Å². The fourth-order valence-corrected chi connectivity index (χ4v) is 4.91. The zero-order valence-corrected chi connectivity index (χ0v) is 19.3. The van der Waals surface area contributed by atoms with Gasteiger partial charge >= 0.3 is 0 Å². The molecule has 0 bridgehead atoms. The minimum Gasteiger partial charge on any atom is -0.496 e. The van der Waals surface area contributed by atoms with Crippen molar-refractivity contribution < 1.29 is 22.7 Å². The predicted molar refractivity (Wildman–Crippen MR) is 120 cm³/mol. The molecule has 166 valence electrons. The molecule has 3 aromatic rings. The number of aromatic nitrogens is 1. The Hall–Kier alpha value is -2.53. The van der Waals surface area contributed by atoms with Crippen molar-refractivity contribution >= 4 is 37.5 Å². The molecule has 1 heterocycles. The number of amides is 1. The molecule has 0 fully saturated rings. The molecule has 31 heavy (non-hydrogen) atoms. The van der Waals surface area contributed by atoms with Crippen molar-refractivity contribution in [3.05, 3.63) is 52.3 Å². The van der Waals surface area contributed by atoms with E-state index in [-0.39, 0.29) is 17.2 Å². The summed E-state index contributed by atoms with van der Waals surface area (Å²) in [5.41, 5.74) is 2.54. The molecule has 0 unspecified atom stereocenters. The van der Waals surface area contributed by atoms with Crippen LogP contribution in [0, 0.1) is 6.92 Å². The van der Waals surface area contributed by atoms with Crippen LogP contribution in [0.4, 0.5) is 0 Å². The summed E-state index contributed by atoms with van der Waals surface area (Å²) in [4.78, 5) is 17.6. The molecule has 0 atom stereocenters. The second-order valence-electron chi connectivity index (χ2n) is 6.91. The van der Waals surface area contributed by atoms with Gasteiger partial charge in [-0.05, 0) is 38.1 Å². The van der Waals surface area contributed by atoms with E-state index in [4.69, 9.17) is 14.6 Å². The van der Waals surface area contributed by atoms with Gasteiger partial charge in [0, 0.05) is 18.7 Å². The number of rotatable bonds is 8. The molecule has 8 nitrogen and oxygen atoms in total. The van der Waals surface area contributed by atoms with Crippen LogP contribution in [0.25, 0.3) is 10.2 Å². The molecule has 0 saturated heterocycles. The first-order valence-electron chi connectivity index (χ1n) is 9.68. The second-order valence-corrected chi connectivity index (χ2v) is 9.48. The molecule has 0 aliphatic carbocycles. The lowest BCUT2D eigenvalue weighted by Crippen LogP contribution is -2.20. The average molecular weight is 464 g/mol. The number of hydrogen-bond donors (Lipinski definition) is 1. The number of aryl methyl sites for hydroxylation is 1. The highest BCUT2D eigenvalue weighted by Gasteiger charge is 2.14. The maximum Gasteiger partial charge on any atom is 0.252 e. The Morgan fingerprint density at radius 2 is 2.00 bits per heavy atom. The van der Waals surface area contributed by atoms with Gasteiger partial charge in [-0.15, -0.1) is 0 Å². The molecule has 2 N–H and O–H groups in total. The summed E-state index contributed by atoms with van der Waals surface area (Å²) in [5, 5.41) is 5.26. The number of sulfonamides is 1. The summed E-state index contributed by atoms with van der Waals surface area (Å²) in [6, 6.07) is 10.3. The lowest BCUT2D eigenvalue weighted by atomic mass is 10.1. The summed E-state index contributed by atoms with van der Waals surface area (Å²) >= 11 is 1.23. The van der Waals surface area contributed by atoms with E-state index in [0.717, 1.165) is 16.6 Å². The van der Waals surface area contributed by atoms with Crippen molar-refractivity contribution in [1.82, 2.24) is 4.57 Å². The van der Waals surface area contributed by atoms with Crippen LogP contribution in [-0.2, 0) is 32.5 Å². The Labute approximate surface area is 185 Å². The number of carbonyl (C=O) groups is 1. The van der Waals surface area contributed by atoms with E-state index in [0.29, 0.717) is 35.0 Å². The van der Waals surface area contributed by atoms with E-state index in [1.54, 1.807) is 13.2 Å². The SMILES string of the molecule is CCOCCn1c(=NC(=O)Cc2cc(C)ccc2OC)sc2cc(S(N)(=O)=O)ccc21. The van der Waals surface area contributed by atoms with Crippen LogP contribution in [0.5, 0.6) is 5.75 Å². The minimum absolute atomic E-state index is 0.0144. The molecule has 0 aliphatic rings. The Morgan fingerprint density at radius 3 is 2.68 bits per heavy atom. The molecule has 1 amide bonds. The summed E-state index contributed by atoms with van der Waals surface area (Å²) in [6.45, 7) is 5.33. The third-order valence-electron chi connectivity index (χ3n) is 4.64. The fourth-order valence-electron chi connectivity index (χ4n) is 3.19. The van der Waals surface area contributed by atoms with Crippen molar-refractivity contribution in [2.24, 2.45) is 10.1 Å². The van der Waals surface area contributed by atoms with Gasteiger partial charge in [-0.25, -0.2) is 13.6 Å². The molecular formula is C21H25N3O5S2. The van der Waals surface area contributed by atoms with Gasteiger partial charge in [0.15, 0.2) is 4.80 Å². The summed E-state index contributed by atoms with van der Waals surface area (Å²) < 4.78 is 36.8. The molecule has 2 aromatic carbocycles. The van der Waals surface area contributed by atoms with Crippen LogP contribution in [0.15, 0.2) is 46.3 Å². The molecule has 0 spiro atoms. The van der Waals surface area contributed by atoms with Gasteiger partial charge in [-0.3, -0.25) is 4.79 Å². The number of primary sulfonamides is 1. The number of ether oxygens (including phenoxy) is 2. The van der Waals surface area contributed by atoms with Gasteiger partial charge in [0.05, 0.1) is 35.2 Å². The topological polar surface area (TPSA) is 113 Å². The van der Waals surface area contributed by atoms with E-state index in [9.17, 15) is 13.2 Å². The highest BCUT2D eigenvalue weighted by Crippen LogP contribution is 2.22. The first-order valence-corrected chi connectivity index (χ1v) is 12.0. The number of nitrogens with zero attached hydrogens (tertiary/aromatic N) is 2. The third kappa shape index (κ3) is 5.59. The van der Waals surface area contributed by atoms with Crippen LogP contribution < -0.4 is 14.7 Å². The summed E-state index contributed by atoms with van der Waals surface area (Å²) in [6.07, 6.45) is 0.0903. The smallest absolute Gasteiger partial charge is 0.252 e. The Kier molecular flexibility index (Phi) is 7.26.